The fourth-order valence-corrected chi connectivity index (χ4v) is 3.34. The second kappa shape index (κ2) is 8.89. The molecule has 2 atom stereocenters. The lowest BCUT2D eigenvalue weighted by Crippen LogP contribution is -2.45. The summed E-state index contributed by atoms with van der Waals surface area (Å²) < 4.78 is 6.95. The largest absolute Gasteiger partial charge is 0.373 e. The standard InChI is InChI=1S/C17H27BrN2O/c1-14-12-20(13-15(2)21-14)10-6-5-9-19-11-16-7-3-4-8-17(16)18/h3-4,7-8,14-15,19H,5-6,9-13H2,1-2H3. The minimum atomic E-state index is 0.377. The number of nitrogens with zero attached hydrogens (tertiary/aromatic N) is 1. The van der Waals surface area contributed by atoms with E-state index in [0.717, 1.165) is 26.2 Å². The van der Waals surface area contributed by atoms with Crippen LogP contribution in [0.25, 0.3) is 0 Å². The fourth-order valence-electron chi connectivity index (χ4n) is 2.92. The summed E-state index contributed by atoms with van der Waals surface area (Å²) in [5.74, 6) is 0. The molecule has 1 fully saturated rings. The van der Waals surface area contributed by atoms with Crippen LogP contribution in [0.3, 0.4) is 0 Å². The molecule has 0 radical (unpaired) electrons. The van der Waals surface area contributed by atoms with Crippen molar-refractivity contribution in [2.75, 3.05) is 26.2 Å². The lowest BCUT2D eigenvalue weighted by Gasteiger charge is -2.35. The SMILES string of the molecule is CC1CN(CCCCNCc2ccccc2Br)CC(C)O1. The zero-order chi connectivity index (χ0) is 15.1. The van der Waals surface area contributed by atoms with Crippen LogP contribution in [0.4, 0.5) is 0 Å². The predicted molar refractivity (Wildman–Crippen MR) is 91.5 cm³/mol. The first-order chi connectivity index (χ1) is 10.1. The molecule has 2 rings (SSSR count). The summed E-state index contributed by atoms with van der Waals surface area (Å²) in [6.07, 6.45) is 3.23. The molecule has 3 nitrogen and oxygen atoms in total. The van der Waals surface area contributed by atoms with Crippen molar-refractivity contribution in [1.29, 1.82) is 0 Å². The van der Waals surface area contributed by atoms with Crippen LogP contribution in [0.2, 0.25) is 0 Å². The van der Waals surface area contributed by atoms with Crippen molar-refractivity contribution in [3.63, 3.8) is 0 Å². The van der Waals surface area contributed by atoms with E-state index in [4.69, 9.17) is 4.74 Å². The molecule has 1 aromatic rings. The lowest BCUT2D eigenvalue weighted by molar-refractivity contribution is -0.0681. The third-order valence-corrected chi connectivity index (χ3v) is 4.62. The van der Waals surface area contributed by atoms with Crippen LogP contribution in [-0.4, -0.2) is 43.3 Å². The van der Waals surface area contributed by atoms with Gasteiger partial charge in [-0.05, 0) is 51.4 Å². The number of unbranched alkanes of at least 4 members (excludes halogenated alkanes) is 1. The maximum atomic E-state index is 5.76. The molecule has 1 heterocycles. The molecule has 1 N–H and O–H groups in total. The summed E-state index contributed by atoms with van der Waals surface area (Å²) in [5.41, 5.74) is 1.33. The molecule has 118 valence electrons. The molecule has 2 unspecified atom stereocenters. The molecule has 1 saturated heterocycles. The number of halogens is 1. The molecule has 0 spiro atoms. The maximum absolute atomic E-state index is 5.76. The molecule has 1 aliphatic heterocycles. The Hall–Kier alpha value is -0.420. The monoisotopic (exact) mass is 354 g/mol. The molecule has 0 saturated carbocycles. The topological polar surface area (TPSA) is 24.5 Å². The van der Waals surface area contributed by atoms with Crippen molar-refractivity contribution in [2.24, 2.45) is 0 Å². The molecule has 0 aliphatic carbocycles. The quantitative estimate of drug-likeness (QED) is 0.759. The third kappa shape index (κ3) is 6.07. The van der Waals surface area contributed by atoms with Gasteiger partial charge in [-0.3, -0.25) is 4.90 Å². The zero-order valence-corrected chi connectivity index (χ0v) is 14.7. The Balaban J connectivity index is 1.55. The molecule has 4 heteroatoms. The van der Waals surface area contributed by atoms with E-state index in [1.54, 1.807) is 0 Å². The van der Waals surface area contributed by atoms with Gasteiger partial charge >= 0.3 is 0 Å². The Bertz CT molecular complexity index is 417. The molecule has 21 heavy (non-hydrogen) atoms. The zero-order valence-electron chi connectivity index (χ0n) is 13.1. The Morgan fingerprint density at radius 1 is 1.19 bits per heavy atom. The van der Waals surface area contributed by atoms with E-state index in [2.05, 4.69) is 64.3 Å². The first kappa shape index (κ1) is 16.9. The summed E-state index contributed by atoms with van der Waals surface area (Å²) >= 11 is 3.58. The van der Waals surface area contributed by atoms with Gasteiger partial charge < -0.3 is 10.1 Å². The number of hydrogen-bond acceptors (Lipinski definition) is 3. The van der Waals surface area contributed by atoms with Gasteiger partial charge in [-0.25, -0.2) is 0 Å². The van der Waals surface area contributed by atoms with E-state index in [-0.39, 0.29) is 0 Å². The first-order valence-corrected chi connectivity index (χ1v) is 8.76. The highest BCUT2D eigenvalue weighted by molar-refractivity contribution is 9.10. The number of rotatable bonds is 7. The van der Waals surface area contributed by atoms with E-state index < -0.39 is 0 Å². The van der Waals surface area contributed by atoms with Gasteiger partial charge in [0.15, 0.2) is 0 Å². The van der Waals surface area contributed by atoms with Crippen LogP contribution in [0.5, 0.6) is 0 Å². The lowest BCUT2D eigenvalue weighted by atomic mass is 10.2. The second-order valence-corrected chi connectivity index (χ2v) is 6.85. The van der Waals surface area contributed by atoms with Gasteiger partial charge in [0.1, 0.15) is 0 Å². The molecule has 0 bridgehead atoms. The van der Waals surface area contributed by atoms with Crippen molar-refractivity contribution in [3.05, 3.63) is 34.3 Å². The minimum Gasteiger partial charge on any atom is -0.373 e. The van der Waals surface area contributed by atoms with Crippen molar-refractivity contribution >= 4 is 15.9 Å². The van der Waals surface area contributed by atoms with Gasteiger partial charge in [0.25, 0.3) is 0 Å². The Morgan fingerprint density at radius 3 is 2.62 bits per heavy atom. The van der Waals surface area contributed by atoms with Crippen LogP contribution in [0, 0.1) is 0 Å². The molecule has 1 aromatic carbocycles. The van der Waals surface area contributed by atoms with Gasteiger partial charge in [-0.1, -0.05) is 34.1 Å². The molecular formula is C17H27BrN2O. The number of hydrogen-bond donors (Lipinski definition) is 1. The smallest absolute Gasteiger partial charge is 0.0678 e. The molecule has 1 aliphatic rings. The summed E-state index contributed by atoms with van der Waals surface area (Å²) in [7, 11) is 0. The highest BCUT2D eigenvalue weighted by Crippen LogP contribution is 2.15. The van der Waals surface area contributed by atoms with Gasteiger partial charge in [0, 0.05) is 24.1 Å². The third-order valence-electron chi connectivity index (χ3n) is 3.85. The average molecular weight is 355 g/mol. The number of nitrogens with one attached hydrogen (secondary N) is 1. The van der Waals surface area contributed by atoms with Crippen LogP contribution in [-0.2, 0) is 11.3 Å². The van der Waals surface area contributed by atoms with Crippen molar-refractivity contribution in [3.8, 4) is 0 Å². The molecule has 0 aromatic heterocycles. The van der Waals surface area contributed by atoms with Crippen LogP contribution >= 0.6 is 15.9 Å². The van der Waals surface area contributed by atoms with E-state index in [1.165, 1.54) is 29.4 Å². The fraction of sp³-hybridized carbons (Fsp3) is 0.647. The Kier molecular flexibility index (Phi) is 7.17. The van der Waals surface area contributed by atoms with Gasteiger partial charge in [0.05, 0.1) is 12.2 Å². The van der Waals surface area contributed by atoms with Crippen LogP contribution < -0.4 is 5.32 Å². The van der Waals surface area contributed by atoms with Crippen LogP contribution in [0.15, 0.2) is 28.7 Å². The van der Waals surface area contributed by atoms with E-state index in [9.17, 15) is 0 Å². The summed E-state index contributed by atoms with van der Waals surface area (Å²) in [6, 6.07) is 8.39. The van der Waals surface area contributed by atoms with Crippen molar-refractivity contribution in [1.82, 2.24) is 10.2 Å². The summed E-state index contributed by atoms with van der Waals surface area (Å²) in [5, 5.41) is 3.52. The number of ether oxygens (including phenoxy) is 1. The number of morpholine rings is 1. The highest BCUT2D eigenvalue weighted by Gasteiger charge is 2.21. The molecule has 0 amide bonds. The predicted octanol–water partition coefficient (Wildman–Crippen LogP) is 3.43. The van der Waals surface area contributed by atoms with Crippen molar-refractivity contribution < 1.29 is 4.74 Å². The van der Waals surface area contributed by atoms with Gasteiger partial charge in [-0.2, -0.15) is 0 Å². The maximum Gasteiger partial charge on any atom is 0.0678 e. The molecular weight excluding hydrogens is 328 g/mol. The first-order valence-electron chi connectivity index (χ1n) is 7.97. The Morgan fingerprint density at radius 2 is 1.90 bits per heavy atom. The highest BCUT2D eigenvalue weighted by atomic mass is 79.9. The van der Waals surface area contributed by atoms with E-state index in [0.29, 0.717) is 12.2 Å². The normalized spacial score (nSPS) is 23.4. The summed E-state index contributed by atoms with van der Waals surface area (Å²) in [4.78, 5) is 2.53. The van der Waals surface area contributed by atoms with Gasteiger partial charge in [-0.15, -0.1) is 0 Å². The minimum absolute atomic E-state index is 0.377. The number of benzene rings is 1. The average Bonchev–Trinajstić information content (AvgIpc) is 2.43. The van der Waals surface area contributed by atoms with Gasteiger partial charge in [0.2, 0.25) is 0 Å². The second-order valence-electron chi connectivity index (χ2n) is 5.99. The van der Waals surface area contributed by atoms with E-state index >= 15 is 0 Å². The summed E-state index contributed by atoms with van der Waals surface area (Å²) in [6.45, 7) is 9.70. The van der Waals surface area contributed by atoms with Crippen LogP contribution in [0.1, 0.15) is 32.3 Å². The Labute approximate surface area is 137 Å². The van der Waals surface area contributed by atoms with Crippen molar-refractivity contribution in [2.45, 2.75) is 45.4 Å². The van der Waals surface area contributed by atoms with E-state index in [1.807, 2.05) is 0 Å².